The summed E-state index contributed by atoms with van der Waals surface area (Å²) in [4.78, 5) is 37.9. The first kappa shape index (κ1) is 18.5. The number of anilines is 1. The van der Waals surface area contributed by atoms with Gasteiger partial charge in [0.05, 0.1) is 29.8 Å². The van der Waals surface area contributed by atoms with Gasteiger partial charge in [-0.15, -0.1) is 0 Å². The van der Waals surface area contributed by atoms with Crippen LogP contribution in [-0.4, -0.2) is 36.5 Å². The fourth-order valence-electron chi connectivity index (χ4n) is 4.70. The Balaban J connectivity index is 1.68. The van der Waals surface area contributed by atoms with E-state index in [9.17, 15) is 14.9 Å². The summed E-state index contributed by atoms with van der Waals surface area (Å²) in [7, 11) is 0. The zero-order valence-electron chi connectivity index (χ0n) is 16.4. The third-order valence-electron chi connectivity index (χ3n) is 6.17. The normalized spacial score (nSPS) is 18.4. The number of rotatable bonds is 5. The molecule has 1 saturated heterocycles. The third kappa shape index (κ3) is 2.96. The molecule has 9 heteroatoms. The highest BCUT2D eigenvalue weighted by molar-refractivity contribution is 6.21. The molecule has 152 valence electrons. The summed E-state index contributed by atoms with van der Waals surface area (Å²) in [6.07, 6.45) is 10.1. The minimum absolute atomic E-state index is 0.0960. The Labute approximate surface area is 172 Å². The molecule has 9 nitrogen and oxygen atoms in total. The van der Waals surface area contributed by atoms with Crippen molar-refractivity contribution in [2.45, 2.75) is 51.0 Å². The van der Waals surface area contributed by atoms with Gasteiger partial charge >= 0.3 is 0 Å². The Hall–Kier alpha value is -3.54. The van der Waals surface area contributed by atoms with Gasteiger partial charge in [-0.1, -0.05) is 12.8 Å². The van der Waals surface area contributed by atoms with Crippen LogP contribution in [0.15, 0.2) is 24.8 Å². The molecule has 3 aromatic rings. The average Bonchev–Trinajstić information content (AvgIpc) is 3.53. The number of H-pyrrole nitrogens is 1. The first-order valence-electron chi connectivity index (χ1n) is 10.3. The maximum atomic E-state index is 12.5. The molecule has 3 aromatic heterocycles. The number of nitriles is 1. The van der Waals surface area contributed by atoms with Gasteiger partial charge in [0, 0.05) is 30.6 Å². The number of carbonyl (C=O) groups is 2. The smallest absolute Gasteiger partial charge is 0.235 e. The number of aromatic nitrogens is 5. The molecule has 1 N–H and O–H groups in total. The van der Waals surface area contributed by atoms with Gasteiger partial charge in [-0.25, -0.2) is 14.9 Å². The van der Waals surface area contributed by atoms with Crippen molar-refractivity contribution in [1.82, 2.24) is 24.7 Å². The van der Waals surface area contributed by atoms with Gasteiger partial charge in [-0.3, -0.25) is 14.3 Å². The number of amides is 2. The molecule has 2 aliphatic rings. The molecule has 1 atom stereocenters. The number of nitrogens with zero attached hydrogens (tertiary/aromatic N) is 6. The van der Waals surface area contributed by atoms with Crippen molar-refractivity contribution in [3.8, 4) is 17.3 Å². The highest BCUT2D eigenvalue weighted by Crippen LogP contribution is 2.40. The number of aromatic amines is 1. The van der Waals surface area contributed by atoms with E-state index < -0.39 is 0 Å². The number of hydrogen-bond donors (Lipinski definition) is 1. The fraction of sp³-hybridized carbons (Fsp3) is 0.429. The van der Waals surface area contributed by atoms with Crippen molar-refractivity contribution >= 4 is 28.7 Å². The molecule has 4 heterocycles. The predicted octanol–water partition coefficient (Wildman–Crippen LogP) is 3.12. The Morgan fingerprint density at radius 2 is 1.97 bits per heavy atom. The maximum Gasteiger partial charge on any atom is 0.235 e. The zero-order chi connectivity index (χ0) is 20.7. The summed E-state index contributed by atoms with van der Waals surface area (Å²) >= 11 is 0. The molecule has 5 rings (SSSR count). The fourth-order valence-corrected chi connectivity index (χ4v) is 4.70. The molecule has 0 radical (unpaired) electrons. The maximum absolute atomic E-state index is 12.5. The van der Waals surface area contributed by atoms with E-state index in [0.717, 1.165) is 31.1 Å². The van der Waals surface area contributed by atoms with Gasteiger partial charge in [0.1, 0.15) is 12.0 Å². The van der Waals surface area contributed by atoms with E-state index in [0.29, 0.717) is 35.1 Å². The number of carbonyl (C=O) groups excluding carboxylic acids is 2. The van der Waals surface area contributed by atoms with Crippen LogP contribution in [0.4, 0.5) is 5.82 Å². The summed E-state index contributed by atoms with van der Waals surface area (Å²) in [5.41, 5.74) is 1.88. The molecule has 2 fully saturated rings. The molecule has 30 heavy (non-hydrogen) atoms. The monoisotopic (exact) mass is 403 g/mol. The molecule has 1 saturated carbocycles. The van der Waals surface area contributed by atoms with Gasteiger partial charge in [0.25, 0.3) is 0 Å². The predicted molar refractivity (Wildman–Crippen MR) is 108 cm³/mol. The first-order chi connectivity index (χ1) is 14.7. The van der Waals surface area contributed by atoms with Crippen molar-refractivity contribution in [2.24, 2.45) is 5.92 Å². The minimum atomic E-state index is -0.261. The Bertz CT molecular complexity index is 1150. The van der Waals surface area contributed by atoms with Crippen LogP contribution in [0.5, 0.6) is 0 Å². The molecular weight excluding hydrogens is 382 g/mol. The van der Waals surface area contributed by atoms with E-state index >= 15 is 0 Å². The lowest BCUT2D eigenvalue weighted by atomic mass is 9.96. The molecule has 0 spiro atoms. The summed E-state index contributed by atoms with van der Waals surface area (Å²) < 4.78 is 1.78. The van der Waals surface area contributed by atoms with Crippen molar-refractivity contribution in [1.29, 1.82) is 5.26 Å². The summed E-state index contributed by atoms with van der Waals surface area (Å²) in [6, 6.07) is 4.05. The second kappa shape index (κ2) is 7.37. The largest absolute Gasteiger partial charge is 0.346 e. The van der Waals surface area contributed by atoms with E-state index in [1.54, 1.807) is 10.9 Å². The lowest BCUT2D eigenvalue weighted by Crippen LogP contribution is -2.30. The highest BCUT2D eigenvalue weighted by Gasteiger charge is 2.36. The molecule has 2 amide bonds. The standard InChI is InChI=1S/C21H21N7O2/c22-9-7-16(13-3-1-2-4-13)27-11-15(19-14-8-10-23-20(14)25-12-24-19)21(26-27)28-17(29)5-6-18(28)30/h8,10-13,16H,1-7H2,(H,23,24,25). The Morgan fingerprint density at radius 3 is 2.70 bits per heavy atom. The van der Waals surface area contributed by atoms with Crippen molar-refractivity contribution < 1.29 is 9.59 Å². The minimum Gasteiger partial charge on any atom is -0.346 e. The molecule has 1 unspecified atom stereocenters. The second-order valence-electron chi connectivity index (χ2n) is 7.91. The van der Waals surface area contributed by atoms with Crippen LogP contribution in [0.3, 0.4) is 0 Å². The van der Waals surface area contributed by atoms with Gasteiger partial charge in [0.2, 0.25) is 11.8 Å². The Morgan fingerprint density at radius 1 is 1.20 bits per heavy atom. The molecule has 1 aliphatic heterocycles. The van der Waals surface area contributed by atoms with Crippen LogP contribution >= 0.6 is 0 Å². The zero-order valence-corrected chi connectivity index (χ0v) is 16.4. The van der Waals surface area contributed by atoms with Crippen molar-refractivity contribution in [3.63, 3.8) is 0 Å². The third-order valence-corrected chi connectivity index (χ3v) is 6.17. The quantitative estimate of drug-likeness (QED) is 0.654. The molecule has 0 bridgehead atoms. The van der Waals surface area contributed by atoms with Crippen LogP contribution in [0.1, 0.15) is 51.0 Å². The lowest BCUT2D eigenvalue weighted by molar-refractivity contribution is -0.121. The van der Waals surface area contributed by atoms with Crippen LogP contribution in [0.25, 0.3) is 22.3 Å². The number of fused-ring (bicyclic) bond motifs is 1. The van der Waals surface area contributed by atoms with Crippen LogP contribution in [0, 0.1) is 17.2 Å². The topological polar surface area (TPSA) is 121 Å². The van der Waals surface area contributed by atoms with Gasteiger partial charge in [-0.2, -0.15) is 10.4 Å². The summed E-state index contributed by atoms with van der Waals surface area (Å²) in [6.45, 7) is 0. The molecular formula is C21H21N7O2. The number of hydrogen-bond acceptors (Lipinski definition) is 6. The number of imide groups is 1. The van der Waals surface area contributed by atoms with E-state index in [4.69, 9.17) is 5.10 Å². The van der Waals surface area contributed by atoms with E-state index in [2.05, 4.69) is 21.0 Å². The highest BCUT2D eigenvalue weighted by atomic mass is 16.2. The first-order valence-corrected chi connectivity index (χ1v) is 10.3. The summed E-state index contributed by atoms with van der Waals surface area (Å²) in [5, 5.41) is 14.9. The number of nitrogens with one attached hydrogen (secondary N) is 1. The van der Waals surface area contributed by atoms with Crippen molar-refractivity contribution in [2.75, 3.05) is 4.90 Å². The van der Waals surface area contributed by atoms with Gasteiger partial charge in [0.15, 0.2) is 5.82 Å². The van der Waals surface area contributed by atoms with Gasteiger partial charge in [-0.05, 0) is 24.8 Å². The SMILES string of the molecule is N#CCC(C1CCCC1)n1cc(-c2ncnc3[nH]ccc23)c(N2C(=O)CCC2=O)n1. The summed E-state index contributed by atoms with van der Waals surface area (Å²) in [5.74, 6) is 0.129. The van der Waals surface area contributed by atoms with Gasteiger partial charge < -0.3 is 4.98 Å². The van der Waals surface area contributed by atoms with E-state index in [1.807, 2.05) is 12.3 Å². The van der Waals surface area contributed by atoms with Crippen LogP contribution in [0.2, 0.25) is 0 Å². The van der Waals surface area contributed by atoms with Crippen molar-refractivity contribution in [3.05, 3.63) is 24.8 Å². The average molecular weight is 403 g/mol. The molecule has 0 aromatic carbocycles. The Kier molecular flexibility index (Phi) is 4.54. The second-order valence-corrected chi connectivity index (χ2v) is 7.91. The van der Waals surface area contributed by atoms with Crippen LogP contribution in [-0.2, 0) is 9.59 Å². The van der Waals surface area contributed by atoms with E-state index in [1.165, 1.54) is 11.2 Å². The van der Waals surface area contributed by atoms with E-state index in [-0.39, 0.29) is 30.7 Å². The molecule has 1 aliphatic carbocycles. The lowest BCUT2D eigenvalue weighted by Gasteiger charge is -2.21. The van der Waals surface area contributed by atoms with Crippen LogP contribution < -0.4 is 4.90 Å².